The van der Waals surface area contributed by atoms with Crippen LogP contribution in [0.4, 0.5) is 0 Å². The molecule has 18 heavy (non-hydrogen) atoms. The summed E-state index contributed by atoms with van der Waals surface area (Å²) >= 11 is 0. The van der Waals surface area contributed by atoms with Gasteiger partial charge in [-0.3, -0.25) is 4.79 Å². The monoisotopic (exact) mass is 272 g/mol. The number of aryl methyl sites for hydroxylation is 1. The van der Waals surface area contributed by atoms with E-state index < -0.39 is 21.6 Å². The van der Waals surface area contributed by atoms with Crippen LogP contribution in [-0.4, -0.2) is 32.4 Å². The van der Waals surface area contributed by atoms with E-state index in [1.807, 2.05) is 0 Å². The van der Waals surface area contributed by atoms with E-state index in [-0.39, 0.29) is 4.90 Å². The number of hydrogen-bond acceptors (Lipinski definition) is 4. The third-order valence-corrected chi connectivity index (χ3v) is 4.55. The van der Waals surface area contributed by atoms with Gasteiger partial charge in [0.05, 0.1) is 12.0 Å². The molecule has 0 aliphatic rings. The van der Waals surface area contributed by atoms with Crippen LogP contribution in [0.25, 0.3) is 0 Å². The molecule has 0 unspecified atom stereocenters. The second-order valence-electron chi connectivity index (χ2n) is 4.13. The lowest BCUT2D eigenvalue weighted by molar-refractivity contribution is -0.134. The van der Waals surface area contributed by atoms with Gasteiger partial charge < -0.3 is 9.84 Å². The fourth-order valence-electron chi connectivity index (χ4n) is 1.90. The van der Waals surface area contributed by atoms with Crippen LogP contribution in [-0.2, 0) is 14.6 Å². The third-order valence-electron chi connectivity index (χ3n) is 2.83. The number of sulfone groups is 1. The average molecular weight is 272 g/mol. The number of methoxy groups -OCH3 is 1. The molecule has 0 aromatic heterocycles. The first-order valence-corrected chi connectivity index (χ1v) is 6.95. The normalized spacial score (nSPS) is 11.3. The summed E-state index contributed by atoms with van der Waals surface area (Å²) in [7, 11) is -2.30. The van der Waals surface area contributed by atoms with Gasteiger partial charge in [-0.1, -0.05) is 0 Å². The van der Waals surface area contributed by atoms with Crippen LogP contribution >= 0.6 is 0 Å². The number of carboxylic acid groups (broad SMARTS) is 1. The van der Waals surface area contributed by atoms with Gasteiger partial charge in [0.1, 0.15) is 5.75 Å². The van der Waals surface area contributed by atoms with Gasteiger partial charge >= 0.3 is 5.97 Å². The number of carboxylic acids is 1. The lowest BCUT2D eigenvalue weighted by Gasteiger charge is -2.15. The van der Waals surface area contributed by atoms with Gasteiger partial charge in [-0.15, -0.1) is 0 Å². The molecule has 0 radical (unpaired) electrons. The molecule has 0 spiro atoms. The first kappa shape index (κ1) is 14.5. The number of aliphatic carboxylic acids is 1. The molecule has 0 bridgehead atoms. The van der Waals surface area contributed by atoms with Gasteiger partial charge in [-0.05, 0) is 43.5 Å². The van der Waals surface area contributed by atoms with Crippen LogP contribution in [0.1, 0.15) is 16.7 Å². The first-order valence-electron chi connectivity index (χ1n) is 5.30. The van der Waals surface area contributed by atoms with E-state index in [2.05, 4.69) is 0 Å². The largest absolute Gasteiger partial charge is 0.496 e. The molecule has 0 amide bonds. The topological polar surface area (TPSA) is 80.7 Å². The molecule has 0 fully saturated rings. The predicted molar refractivity (Wildman–Crippen MR) is 66.9 cm³/mol. The predicted octanol–water partition coefficient (Wildman–Crippen LogP) is 1.48. The summed E-state index contributed by atoms with van der Waals surface area (Å²) < 4.78 is 29.1. The van der Waals surface area contributed by atoms with Crippen molar-refractivity contribution in [3.63, 3.8) is 0 Å². The molecule has 1 aromatic carbocycles. The maximum atomic E-state index is 11.9. The molecule has 0 aliphatic heterocycles. The standard InChI is InChI=1S/C12H16O5S/c1-7-5-10(18(15,16)6-11(13)14)8(2)9(3)12(7)17-4/h5H,6H2,1-4H3,(H,13,14). The van der Waals surface area contributed by atoms with Crippen LogP contribution < -0.4 is 4.74 Å². The molecular formula is C12H16O5S. The van der Waals surface area contributed by atoms with Crippen molar-refractivity contribution >= 4 is 15.8 Å². The Morgan fingerprint density at radius 3 is 2.28 bits per heavy atom. The van der Waals surface area contributed by atoms with E-state index in [1.54, 1.807) is 20.8 Å². The van der Waals surface area contributed by atoms with Crippen molar-refractivity contribution in [3.05, 3.63) is 22.8 Å². The lowest BCUT2D eigenvalue weighted by Crippen LogP contribution is -2.17. The molecule has 100 valence electrons. The highest BCUT2D eigenvalue weighted by molar-refractivity contribution is 7.92. The van der Waals surface area contributed by atoms with Crippen LogP contribution in [0, 0.1) is 20.8 Å². The number of rotatable bonds is 4. The Morgan fingerprint density at radius 2 is 1.83 bits per heavy atom. The Kier molecular flexibility index (Phi) is 4.01. The summed E-state index contributed by atoms with van der Waals surface area (Å²) in [6, 6.07) is 1.46. The molecule has 1 aromatic rings. The number of carbonyl (C=O) groups is 1. The summed E-state index contributed by atoms with van der Waals surface area (Å²) in [6.07, 6.45) is 0. The van der Waals surface area contributed by atoms with Crippen molar-refractivity contribution in [2.75, 3.05) is 12.9 Å². The minimum Gasteiger partial charge on any atom is -0.496 e. The molecule has 1 rings (SSSR count). The van der Waals surface area contributed by atoms with Crippen molar-refractivity contribution in [3.8, 4) is 5.75 Å². The number of benzene rings is 1. The second-order valence-corrected chi connectivity index (χ2v) is 6.09. The quantitative estimate of drug-likeness (QED) is 0.898. The zero-order valence-corrected chi connectivity index (χ0v) is 11.6. The summed E-state index contributed by atoms with van der Waals surface area (Å²) in [5.74, 6) is -1.64. The molecule has 0 saturated heterocycles. The fourth-order valence-corrected chi connectivity index (χ4v) is 3.36. The highest BCUT2D eigenvalue weighted by Gasteiger charge is 2.23. The fraction of sp³-hybridized carbons (Fsp3) is 0.417. The van der Waals surface area contributed by atoms with Gasteiger partial charge in [0.15, 0.2) is 15.6 Å². The highest BCUT2D eigenvalue weighted by Crippen LogP contribution is 2.31. The lowest BCUT2D eigenvalue weighted by atomic mass is 10.1. The number of hydrogen-bond donors (Lipinski definition) is 1. The van der Waals surface area contributed by atoms with Gasteiger partial charge in [-0.25, -0.2) is 8.42 Å². The van der Waals surface area contributed by atoms with Crippen molar-refractivity contribution in [1.29, 1.82) is 0 Å². The summed E-state index contributed by atoms with van der Waals surface area (Å²) in [5, 5.41) is 8.64. The second kappa shape index (κ2) is 4.97. The van der Waals surface area contributed by atoms with E-state index in [1.165, 1.54) is 13.2 Å². The molecule has 0 saturated carbocycles. The van der Waals surface area contributed by atoms with Gasteiger partial charge in [0.25, 0.3) is 0 Å². The molecule has 1 N–H and O–H groups in total. The van der Waals surface area contributed by atoms with Crippen LogP contribution in [0.5, 0.6) is 5.75 Å². The summed E-state index contributed by atoms with van der Waals surface area (Å²) in [5.41, 5.74) is 1.91. The van der Waals surface area contributed by atoms with Crippen molar-refractivity contribution in [2.24, 2.45) is 0 Å². The number of ether oxygens (including phenoxy) is 1. The summed E-state index contributed by atoms with van der Waals surface area (Å²) in [4.78, 5) is 10.6. The summed E-state index contributed by atoms with van der Waals surface area (Å²) in [6.45, 7) is 5.12. The highest BCUT2D eigenvalue weighted by atomic mass is 32.2. The van der Waals surface area contributed by atoms with Gasteiger partial charge in [0.2, 0.25) is 0 Å². The molecule has 0 heterocycles. The van der Waals surface area contributed by atoms with E-state index in [0.717, 1.165) is 0 Å². The zero-order chi connectivity index (χ0) is 14.1. The Labute approximate surface area is 106 Å². The molecule has 0 atom stereocenters. The maximum absolute atomic E-state index is 11.9. The van der Waals surface area contributed by atoms with Crippen molar-refractivity contribution in [1.82, 2.24) is 0 Å². The minimum absolute atomic E-state index is 0.0562. The minimum atomic E-state index is -3.82. The van der Waals surface area contributed by atoms with E-state index in [4.69, 9.17) is 9.84 Å². The van der Waals surface area contributed by atoms with Crippen molar-refractivity contribution in [2.45, 2.75) is 25.7 Å². The van der Waals surface area contributed by atoms with Crippen LogP contribution in [0.2, 0.25) is 0 Å². The zero-order valence-electron chi connectivity index (χ0n) is 10.8. The molecular weight excluding hydrogens is 256 g/mol. The van der Waals surface area contributed by atoms with Gasteiger partial charge in [0, 0.05) is 0 Å². The maximum Gasteiger partial charge on any atom is 0.319 e. The first-order chi connectivity index (χ1) is 8.20. The smallest absolute Gasteiger partial charge is 0.319 e. The van der Waals surface area contributed by atoms with E-state index in [0.29, 0.717) is 22.4 Å². The Hall–Kier alpha value is -1.56. The van der Waals surface area contributed by atoms with Crippen molar-refractivity contribution < 1.29 is 23.1 Å². The Balaban J connectivity index is 3.49. The Bertz CT molecular complexity index is 587. The van der Waals surface area contributed by atoms with Crippen LogP contribution in [0.3, 0.4) is 0 Å². The van der Waals surface area contributed by atoms with E-state index in [9.17, 15) is 13.2 Å². The van der Waals surface area contributed by atoms with Gasteiger partial charge in [-0.2, -0.15) is 0 Å². The van der Waals surface area contributed by atoms with E-state index >= 15 is 0 Å². The molecule has 5 nitrogen and oxygen atoms in total. The van der Waals surface area contributed by atoms with Crippen LogP contribution in [0.15, 0.2) is 11.0 Å². The third kappa shape index (κ3) is 2.64. The Morgan fingerprint density at radius 1 is 1.28 bits per heavy atom. The average Bonchev–Trinajstić information content (AvgIpc) is 2.22. The molecule has 6 heteroatoms. The molecule has 0 aliphatic carbocycles. The SMILES string of the molecule is COc1c(C)cc(S(=O)(=O)CC(=O)O)c(C)c1C.